The first kappa shape index (κ1) is 11.9. The summed E-state index contributed by atoms with van der Waals surface area (Å²) in [5.41, 5.74) is 6.39. The second kappa shape index (κ2) is 4.71. The van der Waals surface area contributed by atoms with Gasteiger partial charge in [-0.05, 0) is 25.3 Å². The Bertz CT molecular complexity index is 410. The number of aromatic nitrogens is 1. The molecule has 1 heterocycles. The summed E-state index contributed by atoms with van der Waals surface area (Å²) < 4.78 is 5.43. The molecule has 1 aliphatic rings. The van der Waals surface area contributed by atoms with Crippen molar-refractivity contribution in [1.82, 2.24) is 10.3 Å². The fourth-order valence-electron chi connectivity index (χ4n) is 1.96. The number of nitrogens with one attached hydrogen (secondary N) is 1. The predicted molar refractivity (Wildman–Crippen MR) is 64.6 cm³/mol. The van der Waals surface area contributed by atoms with Crippen molar-refractivity contribution in [3.05, 3.63) is 24.0 Å². The molecule has 5 heteroatoms. The Morgan fingerprint density at radius 3 is 2.94 bits per heavy atom. The highest BCUT2D eigenvalue weighted by atomic mass is 16.5. The van der Waals surface area contributed by atoms with Gasteiger partial charge in [0.05, 0.1) is 11.2 Å². The number of hydrogen-bond donors (Lipinski definition) is 2. The van der Waals surface area contributed by atoms with E-state index < -0.39 is 0 Å². The van der Waals surface area contributed by atoms with E-state index >= 15 is 0 Å². The van der Waals surface area contributed by atoms with Gasteiger partial charge >= 0.3 is 0 Å². The summed E-state index contributed by atoms with van der Waals surface area (Å²) in [5, 5.41) is 2.85. The van der Waals surface area contributed by atoms with Crippen LogP contribution in [-0.2, 0) is 4.74 Å². The van der Waals surface area contributed by atoms with Gasteiger partial charge in [-0.2, -0.15) is 0 Å². The van der Waals surface area contributed by atoms with E-state index in [4.69, 9.17) is 10.5 Å². The lowest BCUT2D eigenvalue weighted by molar-refractivity contribution is -0.0679. The van der Waals surface area contributed by atoms with Gasteiger partial charge in [-0.1, -0.05) is 0 Å². The number of rotatable bonds is 4. The van der Waals surface area contributed by atoms with Gasteiger partial charge in [-0.25, -0.2) is 0 Å². The van der Waals surface area contributed by atoms with Gasteiger partial charge in [0.25, 0.3) is 5.91 Å². The third-order valence-electron chi connectivity index (χ3n) is 3.37. The fraction of sp³-hybridized carbons (Fsp3) is 0.500. The average Bonchev–Trinajstić information content (AvgIpc) is 2.28. The molecule has 17 heavy (non-hydrogen) atoms. The Balaban J connectivity index is 1.96. The molecule has 0 saturated heterocycles. The van der Waals surface area contributed by atoms with Gasteiger partial charge in [-0.3, -0.25) is 9.78 Å². The van der Waals surface area contributed by atoms with Crippen LogP contribution >= 0.6 is 0 Å². The number of ether oxygens (including phenoxy) is 1. The summed E-state index contributed by atoms with van der Waals surface area (Å²) in [5.74, 6) is -0.195. The van der Waals surface area contributed by atoms with Gasteiger partial charge in [0.15, 0.2) is 0 Å². The topological polar surface area (TPSA) is 77.2 Å². The van der Waals surface area contributed by atoms with Crippen molar-refractivity contribution in [2.75, 3.05) is 19.4 Å². The molecule has 2 rings (SSSR count). The summed E-state index contributed by atoms with van der Waals surface area (Å²) >= 11 is 0. The lowest BCUT2D eigenvalue weighted by Gasteiger charge is -2.40. The van der Waals surface area contributed by atoms with Crippen molar-refractivity contribution in [3.8, 4) is 0 Å². The molecule has 1 amide bonds. The molecule has 0 unspecified atom stereocenters. The minimum Gasteiger partial charge on any atom is -0.398 e. The molecule has 1 aliphatic carbocycles. The van der Waals surface area contributed by atoms with Crippen molar-refractivity contribution in [2.24, 2.45) is 0 Å². The number of carbonyl (C=O) groups is 1. The number of nitrogen functional groups attached to an aromatic ring is 1. The second-order valence-electron chi connectivity index (χ2n) is 4.39. The molecule has 3 N–H and O–H groups in total. The number of nitrogens with zero attached hydrogens (tertiary/aromatic N) is 1. The van der Waals surface area contributed by atoms with Crippen LogP contribution in [0.3, 0.4) is 0 Å². The van der Waals surface area contributed by atoms with E-state index in [2.05, 4.69) is 10.3 Å². The summed E-state index contributed by atoms with van der Waals surface area (Å²) in [6, 6.07) is 1.62. The summed E-state index contributed by atoms with van der Waals surface area (Å²) in [7, 11) is 1.68. The number of anilines is 1. The third kappa shape index (κ3) is 2.39. The first-order valence-electron chi connectivity index (χ1n) is 5.70. The minimum atomic E-state index is -0.195. The highest BCUT2D eigenvalue weighted by Crippen LogP contribution is 2.34. The minimum absolute atomic E-state index is 0.174. The first-order chi connectivity index (χ1) is 8.17. The van der Waals surface area contributed by atoms with Crippen LogP contribution < -0.4 is 11.1 Å². The molecule has 0 aliphatic heterocycles. The van der Waals surface area contributed by atoms with E-state index in [1.807, 2.05) is 0 Å². The maximum Gasteiger partial charge on any atom is 0.255 e. The van der Waals surface area contributed by atoms with Crippen LogP contribution in [0.2, 0.25) is 0 Å². The van der Waals surface area contributed by atoms with Crippen LogP contribution in [0.25, 0.3) is 0 Å². The SMILES string of the molecule is COC1(CNC(=O)c2cnccc2N)CCC1. The summed E-state index contributed by atoms with van der Waals surface area (Å²) in [6.45, 7) is 0.524. The van der Waals surface area contributed by atoms with Crippen molar-refractivity contribution in [2.45, 2.75) is 24.9 Å². The number of pyridine rings is 1. The van der Waals surface area contributed by atoms with Crippen LogP contribution in [-0.4, -0.2) is 30.1 Å². The Morgan fingerprint density at radius 1 is 1.65 bits per heavy atom. The van der Waals surface area contributed by atoms with E-state index in [0.717, 1.165) is 19.3 Å². The third-order valence-corrected chi connectivity index (χ3v) is 3.37. The Hall–Kier alpha value is -1.62. The molecule has 1 fully saturated rings. The smallest absolute Gasteiger partial charge is 0.255 e. The molecule has 1 aromatic heterocycles. The monoisotopic (exact) mass is 235 g/mol. The highest BCUT2D eigenvalue weighted by molar-refractivity contribution is 5.98. The van der Waals surface area contributed by atoms with E-state index in [9.17, 15) is 4.79 Å². The molecule has 5 nitrogen and oxygen atoms in total. The van der Waals surface area contributed by atoms with Gasteiger partial charge in [0.2, 0.25) is 0 Å². The van der Waals surface area contributed by atoms with Crippen LogP contribution in [0.4, 0.5) is 5.69 Å². The standard InChI is InChI=1S/C12H17N3O2/c1-17-12(4-2-5-12)8-15-11(16)9-7-14-6-3-10(9)13/h3,6-7H,2,4-5,8H2,1H3,(H2,13,14)(H,15,16). The van der Waals surface area contributed by atoms with Crippen LogP contribution in [0.15, 0.2) is 18.5 Å². The zero-order valence-corrected chi connectivity index (χ0v) is 9.90. The van der Waals surface area contributed by atoms with Gasteiger partial charge < -0.3 is 15.8 Å². The van der Waals surface area contributed by atoms with Crippen LogP contribution in [0.5, 0.6) is 0 Å². The van der Waals surface area contributed by atoms with Crippen molar-refractivity contribution >= 4 is 11.6 Å². The average molecular weight is 235 g/mol. The van der Waals surface area contributed by atoms with Gasteiger partial charge in [0.1, 0.15) is 0 Å². The van der Waals surface area contributed by atoms with Crippen LogP contribution in [0.1, 0.15) is 29.6 Å². The molecule has 0 radical (unpaired) electrons. The zero-order valence-electron chi connectivity index (χ0n) is 9.90. The molecular weight excluding hydrogens is 218 g/mol. The summed E-state index contributed by atoms with van der Waals surface area (Å²) in [6.07, 6.45) is 6.18. The number of nitrogens with two attached hydrogens (primary N) is 1. The lowest BCUT2D eigenvalue weighted by Crippen LogP contribution is -2.49. The maximum absolute atomic E-state index is 11.9. The molecular formula is C12H17N3O2. The van der Waals surface area contributed by atoms with Crippen molar-refractivity contribution < 1.29 is 9.53 Å². The normalized spacial score (nSPS) is 17.2. The Morgan fingerprint density at radius 2 is 2.41 bits per heavy atom. The predicted octanol–water partition coefficient (Wildman–Crippen LogP) is 0.963. The lowest BCUT2D eigenvalue weighted by atomic mass is 9.80. The molecule has 0 spiro atoms. The van der Waals surface area contributed by atoms with Gasteiger partial charge in [-0.15, -0.1) is 0 Å². The highest BCUT2D eigenvalue weighted by Gasteiger charge is 2.37. The van der Waals surface area contributed by atoms with E-state index in [1.54, 1.807) is 19.4 Å². The van der Waals surface area contributed by atoms with Crippen molar-refractivity contribution in [1.29, 1.82) is 0 Å². The number of amides is 1. The zero-order chi connectivity index (χ0) is 12.3. The fourth-order valence-corrected chi connectivity index (χ4v) is 1.96. The van der Waals surface area contributed by atoms with E-state index in [1.165, 1.54) is 6.20 Å². The summed E-state index contributed by atoms with van der Waals surface area (Å²) in [4.78, 5) is 15.8. The quantitative estimate of drug-likeness (QED) is 0.815. The number of hydrogen-bond acceptors (Lipinski definition) is 4. The molecule has 0 aromatic carbocycles. The second-order valence-corrected chi connectivity index (χ2v) is 4.39. The number of methoxy groups -OCH3 is 1. The van der Waals surface area contributed by atoms with Crippen LogP contribution in [0, 0.1) is 0 Å². The molecule has 92 valence electrons. The Labute approximate surface area is 100 Å². The van der Waals surface area contributed by atoms with Crippen molar-refractivity contribution in [3.63, 3.8) is 0 Å². The van der Waals surface area contributed by atoms with Gasteiger partial charge in [0, 0.05) is 31.7 Å². The van der Waals surface area contributed by atoms with E-state index in [-0.39, 0.29) is 11.5 Å². The van der Waals surface area contributed by atoms with E-state index in [0.29, 0.717) is 17.8 Å². The largest absolute Gasteiger partial charge is 0.398 e. The molecule has 0 bridgehead atoms. The number of carbonyl (C=O) groups excluding carboxylic acids is 1. The molecule has 1 aromatic rings. The molecule has 1 saturated carbocycles. The maximum atomic E-state index is 11.9. The Kier molecular flexibility index (Phi) is 3.28. The first-order valence-corrected chi connectivity index (χ1v) is 5.70. The molecule has 0 atom stereocenters.